The standard InChI is InChI=1S/C23H19FN4O/c1-15-12-25-11-10-18(15)20-14-27-28-22(20)17-8-6-16(7-9-17)13-26-23(29)19-4-2-3-5-21(19)24/h2-12,14H,13H2,1H3,(H,26,29)(H,27,28). The molecule has 0 saturated heterocycles. The Hall–Kier alpha value is -3.80. The molecule has 1 amide bonds. The fraction of sp³-hybridized carbons (Fsp3) is 0.0870. The first-order valence-electron chi connectivity index (χ1n) is 9.20. The van der Waals surface area contributed by atoms with Gasteiger partial charge in [0.2, 0.25) is 0 Å². The lowest BCUT2D eigenvalue weighted by atomic mass is 9.99. The lowest BCUT2D eigenvalue weighted by molar-refractivity contribution is 0.0947. The Morgan fingerprint density at radius 1 is 1.03 bits per heavy atom. The summed E-state index contributed by atoms with van der Waals surface area (Å²) in [6, 6.07) is 15.7. The topological polar surface area (TPSA) is 70.7 Å². The maximum atomic E-state index is 13.7. The molecule has 6 heteroatoms. The van der Waals surface area contributed by atoms with Crippen LogP contribution in [0.15, 0.2) is 73.2 Å². The summed E-state index contributed by atoms with van der Waals surface area (Å²) < 4.78 is 13.7. The Morgan fingerprint density at radius 3 is 2.59 bits per heavy atom. The molecular formula is C23H19FN4O. The molecule has 5 nitrogen and oxygen atoms in total. The zero-order valence-corrected chi connectivity index (χ0v) is 15.8. The van der Waals surface area contributed by atoms with Crippen LogP contribution < -0.4 is 5.32 Å². The van der Waals surface area contributed by atoms with E-state index in [4.69, 9.17) is 0 Å². The molecule has 0 saturated carbocycles. The minimum atomic E-state index is -0.529. The summed E-state index contributed by atoms with van der Waals surface area (Å²) in [7, 11) is 0. The van der Waals surface area contributed by atoms with Crippen LogP contribution in [-0.2, 0) is 6.54 Å². The molecule has 0 spiro atoms. The molecule has 0 fully saturated rings. The van der Waals surface area contributed by atoms with Crippen molar-refractivity contribution >= 4 is 5.91 Å². The number of aryl methyl sites for hydroxylation is 1. The lowest BCUT2D eigenvalue weighted by Crippen LogP contribution is -2.23. The maximum absolute atomic E-state index is 13.7. The van der Waals surface area contributed by atoms with Crippen molar-refractivity contribution in [1.82, 2.24) is 20.5 Å². The summed E-state index contributed by atoms with van der Waals surface area (Å²) in [4.78, 5) is 16.3. The summed E-state index contributed by atoms with van der Waals surface area (Å²) in [6.45, 7) is 2.33. The zero-order chi connectivity index (χ0) is 20.2. The number of halogens is 1. The maximum Gasteiger partial charge on any atom is 0.254 e. The number of aromatic amines is 1. The average Bonchev–Trinajstić information content (AvgIpc) is 3.23. The van der Waals surface area contributed by atoms with E-state index in [1.165, 1.54) is 12.1 Å². The van der Waals surface area contributed by atoms with Gasteiger partial charge < -0.3 is 5.32 Å². The van der Waals surface area contributed by atoms with Crippen LogP contribution in [0.5, 0.6) is 0 Å². The number of hydrogen-bond acceptors (Lipinski definition) is 3. The third-order valence-corrected chi connectivity index (χ3v) is 4.76. The lowest BCUT2D eigenvalue weighted by Gasteiger charge is -2.09. The average molecular weight is 386 g/mol. The molecule has 2 aromatic heterocycles. The van der Waals surface area contributed by atoms with Crippen LogP contribution in [0, 0.1) is 12.7 Å². The molecule has 0 aliphatic carbocycles. The summed E-state index contributed by atoms with van der Waals surface area (Å²) in [5.74, 6) is -0.963. The van der Waals surface area contributed by atoms with E-state index in [0.29, 0.717) is 6.54 Å². The van der Waals surface area contributed by atoms with Gasteiger partial charge in [-0.1, -0.05) is 36.4 Å². The molecule has 0 bridgehead atoms. The number of carbonyl (C=O) groups excluding carboxylic acids is 1. The number of hydrogen-bond donors (Lipinski definition) is 2. The number of nitrogens with one attached hydrogen (secondary N) is 2. The van der Waals surface area contributed by atoms with Gasteiger partial charge in [0.15, 0.2) is 0 Å². The van der Waals surface area contributed by atoms with Crippen molar-refractivity contribution in [3.8, 4) is 22.4 Å². The van der Waals surface area contributed by atoms with E-state index in [0.717, 1.165) is 33.5 Å². The molecule has 0 aliphatic rings. The number of amides is 1. The molecular weight excluding hydrogens is 367 g/mol. The Kier molecular flexibility index (Phi) is 5.16. The first kappa shape index (κ1) is 18.6. The van der Waals surface area contributed by atoms with Gasteiger partial charge in [-0.3, -0.25) is 14.9 Å². The summed E-state index contributed by atoms with van der Waals surface area (Å²) in [6.07, 6.45) is 5.40. The molecule has 4 aromatic rings. The first-order valence-corrected chi connectivity index (χ1v) is 9.20. The molecule has 0 atom stereocenters. The van der Waals surface area contributed by atoms with Crippen molar-refractivity contribution in [3.63, 3.8) is 0 Å². The Bertz CT molecular complexity index is 1150. The second kappa shape index (κ2) is 8.06. The third kappa shape index (κ3) is 3.91. The van der Waals surface area contributed by atoms with E-state index in [9.17, 15) is 9.18 Å². The van der Waals surface area contributed by atoms with Crippen LogP contribution in [-0.4, -0.2) is 21.1 Å². The Morgan fingerprint density at radius 2 is 1.83 bits per heavy atom. The van der Waals surface area contributed by atoms with Gasteiger partial charge in [-0.05, 0) is 41.8 Å². The van der Waals surface area contributed by atoms with E-state index in [-0.39, 0.29) is 5.56 Å². The molecule has 4 rings (SSSR count). The van der Waals surface area contributed by atoms with Crippen LogP contribution in [0.25, 0.3) is 22.4 Å². The van der Waals surface area contributed by atoms with E-state index < -0.39 is 11.7 Å². The minimum Gasteiger partial charge on any atom is -0.348 e. The normalized spacial score (nSPS) is 10.7. The van der Waals surface area contributed by atoms with Crippen molar-refractivity contribution in [3.05, 3.63) is 95.7 Å². The SMILES string of the molecule is Cc1cnccc1-c1cn[nH]c1-c1ccc(CNC(=O)c2ccccc2F)cc1. The van der Waals surface area contributed by atoms with E-state index in [1.807, 2.05) is 43.5 Å². The fourth-order valence-corrected chi connectivity index (χ4v) is 3.20. The molecule has 0 aliphatic heterocycles. The number of rotatable bonds is 5. The number of nitrogens with zero attached hydrogens (tertiary/aromatic N) is 2. The summed E-state index contributed by atoms with van der Waals surface area (Å²) in [5, 5.41) is 10.0. The highest BCUT2D eigenvalue weighted by molar-refractivity contribution is 5.94. The van der Waals surface area contributed by atoms with Gasteiger partial charge in [-0.15, -0.1) is 0 Å². The second-order valence-electron chi connectivity index (χ2n) is 6.71. The highest BCUT2D eigenvalue weighted by Crippen LogP contribution is 2.31. The number of benzene rings is 2. The monoisotopic (exact) mass is 386 g/mol. The molecule has 2 heterocycles. The van der Waals surface area contributed by atoms with Crippen LogP contribution >= 0.6 is 0 Å². The van der Waals surface area contributed by atoms with Crippen molar-refractivity contribution in [2.24, 2.45) is 0 Å². The molecule has 0 radical (unpaired) electrons. The third-order valence-electron chi connectivity index (χ3n) is 4.76. The van der Waals surface area contributed by atoms with Gasteiger partial charge in [0.1, 0.15) is 5.82 Å². The predicted octanol–water partition coefficient (Wildman–Crippen LogP) is 4.52. The van der Waals surface area contributed by atoms with Gasteiger partial charge in [-0.25, -0.2) is 4.39 Å². The van der Waals surface area contributed by atoms with E-state index in [1.54, 1.807) is 24.5 Å². The van der Waals surface area contributed by atoms with Gasteiger partial charge in [0.25, 0.3) is 5.91 Å². The molecule has 2 N–H and O–H groups in total. The highest BCUT2D eigenvalue weighted by Gasteiger charge is 2.13. The largest absolute Gasteiger partial charge is 0.348 e. The highest BCUT2D eigenvalue weighted by atomic mass is 19.1. The first-order chi connectivity index (χ1) is 14.1. The van der Waals surface area contributed by atoms with Gasteiger partial charge in [0.05, 0.1) is 17.5 Å². The zero-order valence-electron chi connectivity index (χ0n) is 15.8. The van der Waals surface area contributed by atoms with E-state index >= 15 is 0 Å². The van der Waals surface area contributed by atoms with Gasteiger partial charge in [-0.2, -0.15) is 5.10 Å². The number of H-pyrrole nitrogens is 1. The van der Waals surface area contributed by atoms with E-state index in [2.05, 4.69) is 20.5 Å². The quantitative estimate of drug-likeness (QED) is 0.530. The number of carbonyl (C=O) groups is 1. The van der Waals surface area contributed by atoms with Crippen LogP contribution in [0.3, 0.4) is 0 Å². The van der Waals surface area contributed by atoms with Crippen molar-refractivity contribution in [2.45, 2.75) is 13.5 Å². The van der Waals surface area contributed by atoms with Crippen LogP contribution in [0.1, 0.15) is 21.5 Å². The van der Waals surface area contributed by atoms with Gasteiger partial charge >= 0.3 is 0 Å². The predicted molar refractivity (Wildman–Crippen MR) is 110 cm³/mol. The summed E-state index contributed by atoms with van der Waals surface area (Å²) in [5.41, 5.74) is 6.01. The van der Waals surface area contributed by atoms with Crippen molar-refractivity contribution < 1.29 is 9.18 Å². The Labute approximate surface area is 167 Å². The summed E-state index contributed by atoms with van der Waals surface area (Å²) >= 11 is 0. The van der Waals surface area contributed by atoms with Crippen molar-refractivity contribution in [2.75, 3.05) is 0 Å². The smallest absolute Gasteiger partial charge is 0.254 e. The van der Waals surface area contributed by atoms with Gasteiger partial charge in [0, 0.05) is 30.1 Å². The molecule has 144 valence electrons. The number of aromatic nitrogens is 3. The molecule has 29 heavy (non-hydrogen) atoms. The van der Waals surface area contributed by atoms with Crippen LogP contribution in [0.4, 0.5) is 4.39 Å². The van der Waals surface area contributed by atoms with Crippen LogP contribution in [0.2, 0.25) is 0 Å². The Balaban J connectivity index is 1.50. The number of pyridine rings is 1. The fourth-order valence-electron chi connectivity index (χ4n) is 3.20. The molecule has 2 aromatic carbocycles. The second-order valence-corrected chi connectivity index (χ2v) is 6.71. The van der Waals surface area contributed by atoms with Crippen molar-refractivity contribution in [1.29, 1.82) is 0 Å². The minimum absolute atomic E-state index is 0.0407. The molecule has 0 unspecified atom stereocenters.